The molecule has 132 valence electrons. The molecule has 0 radical (unpaired) electrons. The number of rotatable bonds is 5. The van der Waals surface area contributed by atoms with Crippen LogP contribution in [0.25, 0.3) is 21.1 Å². The second-order valence-corrected chi connectivity index (χ2v) is 6.41. The summed E-state index contributed by atoms with van der Waals surface area (Å²) in [5, 5.41) is 1.00. The van der Waals surface area contributed by atoms with E-state index in [1.54, 1.807) is 50.2 Å². The topological polar surface area (TPSA) is 65.5 Å². The molecule has 8 heteroatoms. The Hall–Kier alpha value is -3.13. The summed E-state index contributed by atoms with van der Waals surface area (Å²) in [5.41, 5.74) is 2.99. The number of thiazole rings is 1. The number of halogens is 1. The van der Waals surface area contributed by atoms with Crippen LogP contribution in [0.15, 0.2) is 42.6 Å². The van der Waals surface area contributed by atoms with Crippen LogP contribution in [0.1, 0.15) is 0 Å². The standard InChI is InChI=1S/C18H14FN3O3S/c1-23-15-8-11-13(9-16(15)24-2)20-6-5-14(11)25-10-3-4-12-17(7-10)26-18(21-12)22-19/h3-9H,1-2H3,(H,21,22). The first-order valence-corrected chi connectivity index (χ1v) is 8.49. The van der Waals surface area contributed by atoms with Crippen LogP contribution in [0.4, 0.5) is 9.61 Å². The van der Waals surface area contributed by atoms with Crippen molar-refractivity contribution in [1.29, 1.82) is 0 Å². The highest BCUT2D eigenvalue weighted by Gasteiger charge is 2.12. The Bertz CT molecular complexity index is 1100. The summed E-state index contributed by atoms with van der Waals surface area (Å²) < 4.78 is 30.1. The summed E-state index contributed by atoms with van der Waals surface area (Å²) in [5.74, 6) is 2.44. The minimum Gasteiger partial charge on any atom is -0.493 e. The maximum atomic E-state index is 12.6. The van der Waals surface area contributed by atoms with Gasteiger partial charge in [0.05, 0.1) is 30.0 Å². The molecule has 4 aromatic rings. The average molecular weight is 371 g/mol. The number of ether oxygens (including phenoxy) is 3. The molecule has 0 saturated carbocycles. The van der Waals surface area contributed by atoms with Crippen molar-refractivity contribution in [2.45, 2.75) is 0 Å². The van der Waals surface area contributed by atoms with Gasteiger partial charge in [0.15, 0.2) is 11.5 Å². The van der Waals surface area contributed by atoms with Crippen molar-refractivity contribution >= 4 is 37.6 Å². The van der Waals surface area contributed by atoms with Gasteiger partial charge in [-0.15, -0.1) is 4.48 Å². The molecule has 0 aliphatic heterocycles. The molecule has 0 spiro atoms. The van der Waals surface area contributed by atoms with E-state index in [-0.39, 0.29) is 5.13 Å². The van der Waals surface area contributed by atoms with Gasteiger partial charge in [-0.3, -0.25) is 4.98 Å². The van der Waals surface area contributed by atoms with E-state index >= 15 is 0 Å². The van der Waals surface area contributed by atoms with E-state index in [4.69, 9.17) is 14.2 Å². The summed E-state index contributed by atoms with van der Waals surface area (Å²) in [4.78, 5) is 8.47. The van der Waals surface area contributed by atoms with Crippen molar-refractivity contribution in [3.63, 3.8) is 0 Å². The molecular formula is C18H14FN3O3S. The van der Waals surface area contributed by atoms with Crippen LogP contribution < -0.4 is 19.7 Å². The van der Waals surface area contributed by atoms with E-state index < -0.39 is 0 Å². The molecule has 4 rings (SSSR count). The number of fused-ring (bicyclic) bond motifs is 2. The third-order valence-electron chi connectivity index (χ3n) is 3.88. The Morgan fingerprint density at radius 1 is 0.962 bits per heavy atom. The van der Waals surface area contributed by atoms with Gasteiger partial charge in [0.1, 0.15) is 11.5 Å². The predicted octanol–water partition coefficient (Wildman–Crippen LogP) is 4.95. The smallest absolute Gasteiger partial charge is 0.212 e. The molecule has 0 aliphatic rings. The molecule has 2 aromatic carbocycles. The number of aromatic nitrogens is 2. The number of hydrogen-bond donors (Lipinski definition) is 1. The minimum atomic E-state index is 0.211. The third kappa shape index (κ3) is 2.84. The van der Waals surface area contributed by atoms with Gasteiger partial charge in [-0.05, 0) is 24.3 Å². The second kappa shape index (κ2) is 6.64. The van der Waals surface area contributed by atoms with E-state index in [9.17, 15) is 4.48 Å². The maximum absolute atomic E-state index is 12.6. The van der Waals surface area contributed by atoms with Gasteiger partial charge in [0.25, 0.3) is 0 Å². The van der Waals surface area contributed by atoms with Crippen LogP contribution in [0.5, 0.6) is 23.0 Å². The Morgan fingerprint density at radius 2 is 1.77 bits per heavy atom. The monoisotopic (exact) mass is 371 g/mol. The normalized spacial score (nSPS) is 10.9. The lowest BCUT2D eigenvalue weighted by Gasteiger charge is -2.12. The molecule has 2 heterocycles. The Labute approximate surface area is 152 Å². The van der Waals surface area contributed by atoms with Crippen LogP contribution in [0.3, 0.4) is 0 Å². The number of anilines is 1. The van der Waals surface area contributed by atoms with Crippen LogP contribution in [-0.2, 0) is 0 Å². The number of nitrogens with one attached hydrogen (secondary N) is 1. The maximum Gasteiger partial charge on any atom is 0.212 e. The molecule has 26 heavy (non-hydrogen) atoms. The van der Waals surface area contributed by atoms with Crippen molar-refractivity contribution in [2.24, 2.45) is 0 Å². The van der Waals surface area contributed by atoms with Gasteiger partial charge in [0, 0.05) is 23.7 Å². The lowest BCUT2D eigenvalue weighted by atomic mass is 10.2. The summed E-state index contributed by atoms with van der Waals surface area (Å²) in [6, 6.07) is 10.8. The van der Waals surface area contributed by atoms with Crippen molar-refractivity contribution in [3.05, 3.63) is 42.6 Å². The summed E-state index contributed by atoms with van der Waals surface area (Å²) in [6.07, 6.45) is 1.67. The van der Waals surface area contributed by atoms with Gasteiger partial charge < -0.3 is 14.2 Å². The zero-order chi connectivity index (χ0) is 18.1. The average Bonchev–Trinajstić information content (AvgIpc) is 3.09. The van der Waals surface area contributed by atoms with E-state index in [1.165, 1.54) is 11.3 Å². The third-order valence-corrected chi connectivity index (χ3v) is 4.78. The van der Waals surface area contributed by atoms with Crippen LogP contribution >= 0.6 is 11.3 Å². The van der Waals surface area contributed by atoms with Gasteiger partial charge in [0.2, 0.25) is 5.13 Å². The fourth-order valence-electron chi connectivity index (χ4n) is 2.67. The summed E-state index contributed by atoms with van der Waals surface area (Å²) in [6.45, 7) is 0. The highest BCUT2D eigenvalue weighted by Crippen LogP contribution is 2.38. The molecule has 0 aliphatic carbocycles. The van der Waals surface area contributed by atoms with Crippen LogP contribution in [0.2, 0.25) is 0 Å². The number of pyridine rings is 1. The first-order valence-electron chi connectivity index (χ1n) is 7.67. The van der Waals surface area contributed by atoms with Gasteiger partial charge in [-0.1, -0.05) is 11.3 Å². The highest BCUT2D eigenvalue weighted by molar-refractivity contribution is 7.22. The largest absolute Gasteiger partial charge is 0.493 e. The highest BCUT2D eigenvalue weighted by atomic mass is 32.1. The first-order chi connectivity index (χ1) is 12.7. The van der Waals surface area contributed by atoms with Crippen molar-refractivity contribution in [3.8, 4) is 23.0 Å². The molecule has 0 atom stereocenters. The number of methoxy groups -OCH3 is 2. The second-order valence-electron chi connectivity index (χ2n) is 5.38. The number of hydrogen-bond acceptors (Lipinski definition) is 7. The van der Waals surface area contributed by atoms with E-state index in [0.717, 1.165) is 15.6 Å². The van der Waals surface area contributed by atoms with Gasteiger partial charge in [-0.25, -0.2) is 4.98 Å². The minimum absolute atomic E-state index is 0.211. The van der Waals surface area contributed by atoms with Crippen molar-refractivity contribution < 1.29 is 18.7 Å². The van der Waals surface area contributed by atoms with Crippen molar-refractivity contribution in [2.75, 3.05) is 19.8 Å². The van der Waals surface area contributed by atoms with E-state index in [0.29, 0.717) is 28.5 Å². The van der Waals surface area contributed by atoms with E-state index in [2.05, 4.69) is 9.97 Å². The van der Waals surface area contributed by atoms with Crippen LogP contribution in [0, 0.1) is 0 Å². The molecule has 0 unspecified atom stereocenters. The lowest BCUT2D eigenvalue weighted by Crippen LogP contribution is -1.93. The molecule has 2 aromatic heterocycles. The molecule has 0 saturated heterocycles. The van der Waals surface area contributed by atoms with Gasteiger partial charge in [-0.2, -0.15) is 5.54 Å². The molecule has 0 bridgehead atoms. The quantitative estimate of drug-likeness (QED) is 0.501. The summed E-state index contributed by atoms with van der Waals surface area (Å²) in [7, 11) is 3.16. The molecule has 0 fully saturated rings. The molecule has 0 amide bonds. The zero-order valence-electron chi connectivity index (χ0n) is 13.9. The lowest BCUT2D eigenvalue weighted by molar-refractivity contribution is 0.355. The Kier molecular flexibility index (Phi) is 4.18. The summed E-state index contributed by atoms with van der Waals surface area (Å²) >= 11 is 1.21. The zero-order valence-corrected chi connectivity index (χ0v) is 14.8. The van der Waals surface area contributed by atoms with Gasteiger partial charge >= 0.3 is 0 Å². The van der Waals surface area contributed by atoms with E-state index in [1.807, 2.05) is 12.1 Å². The first kappa shape index (κ1) is 16.3. The molecule has 1 N–H and O–H groups in total. The Morgan fingerprint density at radius 3 is 2.54 bits per heavy atom. The SMILES string of the molecule is COc1cc2nccc(Oc3ccc4nc(NF)sc4c3)c2cc1OC. The number of nitrogens with zero attached hydrogens (tertiary/aromatic N) is 2. The molecular weight excluding hydrogens is 357 g/mol. The fourth-order valence-corrected chi connectivity index (χ4v) is 3.46. The Balaban J connectivity index is 1.76. The predicted molar refractivity (Wildman–Crippen MR) is 99.3 cm³/mol. The van der Waals surface area contributed by atoms with Crippen molar-refractivity contribution in [1.82, 2.24) is 9.97 Å². The number of benzene rings is 2. The molecule has 6 nitrogen and oxygen atoms in total. The fraction of sp³-hybridized carbons (Fsp3) is 0.111. The van der Waals surface area contributed by atoms with Crippen LogP contribution in [-0.4, -0.2) is 24.2 Å².